The largest absolute Gasteiger partial charge is 0.451 e. The molecule has 1 aromatic carbocycles. The van der Waals surface area contributed by atoms with Gasteiger partial charge in [0.2, 0.25) is 0 Å². The van der Waals surface area contributed by atoms with E-state index >= 15 is 0 Å². The number of rotatable bonds is 4. The molecule has 0 unspecified atom stereocenters. The molecule has 1 aromatic heterocycles. The highest BCUT2D eigenvalue weighted by Gasteiger charge is 2.14. The molecule has 0 saturated carbocycles. The van der Waals surface area contributed by atoms with Crippen LogP contribution in [0.25, 0.3) is 0 Å². The van der Waals surface area contributed by atoms with Crippen LogP contribution in [0.1, 0.15) is 11.3 Å². The molecule has 0 fully saturated rings. The number of halogens is 2. The fourth-order valence-corrected chi connectivity index (χ4v) is 2.26. The second-order valence-corrected chi connectivity index (χ2v) is 5.81. The number of benzene rings is 1. The summed E-state index contributed by atoms with van der Waals surface area (Å²) in [7, 11) is 1.66. The number of carbonyl (C=O) groups is 1. The van der Waals surface area contributed by atoms with E-state index in [4.69, 9.17) is 9.15 Å². The first-order chi connectivity index (χ1) is 9.56. The zero-order chi connectivity index (χ0) is 14.5. The second kappa shape index (κ2) is 6.95. The molecule has 0 atom stereocenters. The van der Waals surface area contributed by atoms with Gasteiger partial charge < -0.3 is 14.1 Å². The predicted octanol–water partition coefficient (Wildman–Crippen LogP) is 4.57. The predicted molar refractivity (Wildman–Crippen MR) is 82.2 cm³/mol. The van der Waals surface area contributed by atoms with Gasteiger partial charge in [0.25, 0.3) is 0 Å². The van der Waals surface area contributed by atoms with Gasteiger partial charge >= 0.3 is 6.09 Å². The Morgan fingerprint density at radius 2 is 2.00 bits per heavy atom. The quantitative estimate of drug-likeness (QED) is 0.751. The van der Waals surface area contributed by atoms with Crippen LogP contribution < -0.4 is 0 Å². The highest BCUT2D eigenvalue weighted by molar-refractivity contribution is 9.13. The van der Waals surface area contributed by atoms with E-state index < -0.39 is 6.09 Å². The summed E-state index contributed by atoms with van der Waals surface area (Å²) in [5, 5.41) is 0. The van der Waals surface area contributed by atoms with Crippen molar-refractivity contribution >= 4 is 38.0 Å². The molecule has 0 aliphatic rings. The van der Waals surface area contributed by atoms with E-state index in [-0.39, 0.29) is 6.61 Å². The van der Waals surface area contributed by atoms with Crippen LogP contribution in [0.5, 0.6) is 0 Å². The molecule has 0 bridgehead atoms. The number of amides is 1. The highest BCUT2D eigenvalue weighted by Crippen LogP contribution is 2.27. The topological polar surface area (TPSA) is 42.7 Å². The van der Waals surface area contributed by atoms with E-state index in [1.54, 1.807) is 7.05 Å². The van der Waals surface area contributed by atoms with E-state index in [0.29, 0.717) is 17.0 Å². The van der Waals surface area contributed by atoms with Crippen LogP contribution in [0.4, 0.5) is 4.79 Å². The second-order valence-electron chi connectivity index (χ2n) is 4.23. The molecular weight excluding hydrogens is 390 g/mol. The van der Waals surface area contributed by atoms with E-state index in [0.717, 1.165) is 10.0 Å². The summed E-state index contributed by atoms with van der Waals surface area (Å²) in [6.07, 6.45) is -0.391. The fraction of sp³-hybridized carbons (Fsp3) is 0.214. The Bertz CT molecular complexity index is 564. The van der Waals surface area contributed by atoms with Crippen LogP contribution in [0.3, 0.4) is 0 Å². The summed E-state index contributed by atoms with van der Waals surface area (Å²) in [6, 6.07) is 11.4. The van der Waals surface area contributed by atoms with Crippen LogP contribution >= 0.6 is 31.9 Å². The lowest BCUT2D eigenvalue weighted by Crippen LogP contribution is -2.26. The molecule has 2 rings (SSSR count). The van der Waals surface area contributed by atoms with Gasteiger partial charge in [0.15, 0.2) is 4.67 Å². The Kier molecular flexibility index (Phi) is 5.25. The smallest absolute Gasteiger partial charge is 0.410 e. The number of carbonyl (C=O) groups excluding carboxylic acids is 1. The van der Waals surface area contributed by atoms with Gasteiger partial charge in [0, 0.05) is 7.05 Å². The molecule has 0 N–H and O–H groups in total. The van der Waals surface area contributed by atoms with Crippen molar-refractivity contribution in [1.29, 1.82) is 0 Å². The molecular formula is C14H13Br2NO3. The number of hydrogen-bond acceptors (Lipinski definition) is 3. The zero-order valence-electron chi connectivity index (χ0n) is 10.8. The van der Waals surface area contributed by atoms with E-state index in [9.17, 15) is 4.79 Å². The van der Waals surface area contributed by atoms with Gasteiger partial charge in [-0.25, -0.2) is 4.79 Å². The molecule has 2 aromatic rings. The van der Waals surface area contributed by atoms with Gasteiger partial charge in [-0.3, -0.25) is 0 Å². The summed E-state index contributed by atoms with van der Waals surface area (Å²) < 4.78 is 12.1. The van der Waals surface area contributed by atoms with E-state index in [1.807, 2.05) is 36.4 Å². The van der Waals surface area contributed by atoms with Gasteiger partial charge in [-0.2, -0.15) is 0 Å². The third-order valence-electron chi connectivity index (χ3n) is 2.61. The lowest BCUT2D eigenvalue weighted by Gasteiger charge is -2.15. The summed E-state index contributed by atoms with van der Waals surface area (Å²) in [4.78, 5) is 13.3. The maximum absolute atomic E-state index is 11.9. The molecule has 0 aliphatic carbocycles. The Morgan fingerprint density at radius 3 is 2.60 bits per heavy atom. The molecule has 0 aliphatic heterocycles. The minimum absolute atomic E-state index is 0.259. The molecule has 1 heterocycles. The number of furan rings is 1. The van der Waals surface area contributed by atoms with Crippen LogP contribution in [0, 0.1) is 0 Å². The fourth-order valence-electron chi connectivity index (χ4n) is 1.60. The van der Waals surface area contributed by atoms with E-state index in [1.165, 1.54) is 4.90 Å². The molecule has 4 nitrogen and oxygen atoms in total. The third kappa shape index (κ3) is 4.11. The average molecular weight is 403 g/mol. The summed E-state index contributed by atoms with van der Waals surface area (Å²) in [5.74, 6) is 0.669. The average Bonchev–Trinajstić information content (AvgIpc) is 2.75. The van der Waals surface area contributed by atoms with Crippen molar-refractivity contribution in [3.05, 3.63) is 56.9 Å². The SMILES string of the molecule is CN(Cc1cc(Br)c(Br)o1)C(=O)OCc1ccccc1. The maximum Gasteiger partial charge on any atom is 0.410 e. The molecule has 6 heteroatoms. The van der Waals surface area contributed by atoms with Gasteiger partial charge in [-0.1, -0.05) is 30.3 Å². The van der Waals surface area contributed by atoms with Crippen LogP contribution in [-0.2, 0) is 17.9 Å². The highest BCUT2D eigenvalue weighted by atomic mass is 79.9. The van der Waals surface area contributed by atoms with E-state index in [2.05, 4.69) is 31.9 Å². The standard InChI is InChI=1S/C14H13Br2NO3/c1-17(8-11-7-12(15)13(16)20-11)14(18)19-9-10-5-3-2-4-6-10/h2-7H,8-9H2,1H3. The summed E-state index contributed by atoms with van der Waals surface area (Å²) >= 11 is 6.59. The van der Waals surface area contributed by atoms with Crippen molar-refractivity contribution in [3.63, 3.8) is 0 Å². The van der Waals surface area contributed by atoms with Gasteiger partial charge in [0.05, 0.1) is 11.0 Å². The molecule has 1 amide bonds. The maximum atomic E-state index is 11.9. The molecule has 20 heavy (non-hydrogen) atoms. The van der Waals surface area contributed by atoms with Crippen LogP contribution in [0.2, 0.25) is 0 Å². The van der Waals surface area contributed by atoms with Gasteiger partial charge in [0.1, 0.15) is 12.4 Å². The van der Waals surface area contributed by atoms with Crippen molar-refractivity contribution < 1.29 is 13.9 Å². The lowest BCUT2D eigenvalue weighted by atomic mass is 10.2. The van der Waals surface area contributed by atoms with Gasteiger partial charge in [-0.15, -0.1) is 0 Å². The normalized spacial score (nSPS) is 10.3. The van der Waals surface area contributed by atoms with Crippen molar-refractivity contribution in [3.8, 4) is 0 Å². The first-order valence-electron chi connectivity index (χ1n) is 5.92. The minimum atomic E-state index is -0.391. The summed E-state index contributed by atoms with van der Waals surface area (Å²) in [5.41, 5.74) is 0.956. The van der Waals surface area contributed by atoms with Crippen LogP contribution in [0.15, 0.2) is 50.0 Å². The van der Waals surface area contributed by atoms with Crippen LogP contribution in [-0.4, -0.2) is 18.0 Å². The number of nitrogens with zero attached hydrogens (tertiary/aromatic N) is 1. The molecule has 106 valence electrons. The van der Waals surface area contributed by atoms with Crippen molar-refractivity contribution in [1.82, 2.24) is 4.90 Å². The van der Waals surface area contributed by atoms with Gasteiger partial charge in [-0.05, 0) is 43.5 Å². The Hall–Kier alpha value is -1.27. The van der Waals surface area contributed by atoms with Crippen molar-refractivity contribution in [2.45, 2.75) is 13.2 Å². The molecule has 0 radical (unpaired) electrons. The molecule has 0 spiro atoms. The van der Waals surface area contributed by atoms with Crippen molar-refractivity contribution in [2.75, 3.05) is 7.05 Å². The van der Waals surface area contributed by atoms with Crippen molar-refractivity contribution in [2.24, 2.45) is 0 Å². The number of ether oxygens (including phenoxy) is 1. The molecule has 0 saturated heterocycles. The third-order valence-corrected chi connectivity index (χ3v) is 4.32. The Morgan fingerprint density at radius 1 is 1.30 bits per heavy atom. The zero-order valence-corrected chi connectivity index (χ0v) is 14.0. The Labute approximate surface area is 134 Å². The first-order valence-corrected chi connectivity index (χ1v) is 7.50. The number of hydrogen-bond donors (Lipinski definition) is 0. The lowest BCUT2D eigenvalue weighted by molar-refractivity contribution is 0.100. The monoisotopic (exact) mass is 401 g/mol. The summed E-state index contributed by atoms with van der Waals surface area (Å²) in [6.45, 7) is 0.605. The minimum Gasteiger partial charge on any atom is -0.451 e. The Balaban J connectivity index is 1.86. The first kappa shape index (κ1) is 15.1.